The fraction of sp³-hybridized carbons (Fsp3) is 0.500. The van der Waals surface area contributed by atoms with Crippen LogP contribution < -0.4 is 5.32 Å². The molecule has 0 saturated carbocycles. The van der Waals surface area contributed by atoms with Crippen LogP contribution in [0.1, 0.15) is 20.8 Å². The number of pyridine rings is 1. The molecule has 0 aromatic carbocycles. The Bertz CT molecular complexity index is 273. The SMILES string of the molecule is CC(C)C(C)Nc1ncccc1Br. The molecule has 72 valence electrons. The van der Waals surface area contributed by atoms with Crippen LogP contribution in [0.5, 0.6) is 0 Å². The van der Waals surface area contributed by atoms with Crippen LogP contribution in [0.25, 0.3) is 0 Å². The standard InChI is InChI=1S/C10H15BrN2/c1-7(2)8(3)13-10-9(11)5-4-6-12-10/h4-8H,1-3H3,(H,12,13). The van der Waals surface area contributed by atoms with Crippen molar-refractivity contribution in [2.45, 2.75) is 26.8 Å². The largest absolute Gasteiger partial charge is 0.366 e. The number of hydrogen-bond donors (Lipinski definition) is 1. The molecule has 0 aliphatic heterocycles. The summed E-state index contributed by atoms with van der Waals surface area (Å²) in [6, 6.07) is 4.34. The zero-order valence-electron chi connectivity index (χ0n) is 8.21. The topological polar surface area (TPSA) is 24.9 Å². The molecule has 0 amide bonds. The molecular formula is C10H15BrN2. The summed E-state index contributed by atoms with van der Waals surface area (Å²) in [6.07, 6.45) is 1.79. The number of rotatable bonds is 3. The summed E-state index contributed by atoms with van der Waals surface area (Å²) in [4.78, 5) is 4.24. The van der Waals surface area contributed by atoms with Gasteiger partial charge in [-0.25, -0.2) is 4.98 Å². The zero-order valence-corrected chi connectivity index (χ0v) is 9.80. The summed E-state index contributed by atoms with van der Waals surface area (Å²) >= 11 is 3.45. The van der Waals surface area contributed by atoms with E-state index in [9.17, 15) is 0 Å². The van der Waals surface area contributed by atoms with Crippen molar-refractivity contribution >= 4 is 21.7 Å². The van der Waals surface area contributed by atoms with E-state index in [2.05, 4.69) is 47.0 Å². The second-order valence-electron chi connectivity index (χ2n) is 3.51. The van der Waals surface area contributed by atoms with Crippen LogP contribution in [0.2, 0.25) is 0 Å². The van der Waals surface area contributed by atoms with E-state index in [0.717, 1.165) is 10.3 Å². The second-order valence-corrected chi connectivity index (χ2v) is 4.37. The minimum absolute atomic E-state index is 0.436. The second kappa shape index (κ2) is 4.61. The van der Waals surface area contributed by atoms with E-state index in [-0.39, 0.29) is 0 Å². The Balaban J connectivity index is 2.69. The van der Waals surface area contributed by atoms with Gasteiger partial charge < -0.3 is 5.32 Å². The molecule has 0 spiro atoms. The normalized spacial score (nSPS) is 13.0. The molecule has 2 nitrogen and oxygen atoms in total. The van der Waals surface area contributed by atoms with Crippen molar-refractivity contribution in [1.29, 1.82) is 0 Å². The zero-order chi connectivity index (χ0) is 9.84. The van der Waals surface area contributed by atoms with Gasteiger partial charge in [-0.05, 0) is 40.9 Å². The molecule has 1 heterocycles. The minimum Gasteiger partial charge on any atom is -0.366 e. The van der Waals surface area contributed by atoms with Crippen molar-refractivity contribution in [1.82, 2.24) is 4.98 Å². The Hall–Kier alpha value is -0.570. The molecule has 1 aromatic heterocycles. The number of nitrogens with zero attached hydrogens (tertiary/aromatic N) is 1. The fourth-order valence-electron chi connectivity index (χ4n) is 0.874. The lowest BCUT2D eigenvalue weighted by Gasteiger charge is -2.18. The van der Waals surface area contributed by atoms with Gasteiger partial charge in [0.15, 0.2) is 0 Å². The minimum atomic E-state index is 0.436. The third kappa shape index (κ3) is 2.99. The molecule has 0 fully saturated rings. The lowest BCUT2D eigenvalue weighted by atomic mass is 10.1. The summed E-state index contributed by atoms with van der Waals surface area (Å²) in [5.41, 5.74) is 0. The number of anilines is 1. The highest BCUT2D eigenvalue weighted by Crippen LogP contribution is 2.20. The van der Waals surface area contributed by atoms with Gasteiger partial charge in [-0.3, -0.25) is 0 Å². The molecule has 1 atom stereocenters. The Labute approximate surface area is 87.9 Å². The summed E-state index contributed by atoms with van der Waals surface area (Å²) in [5.74, 6) is 1.53. The monoisotopic (exact) mass is 242 g/mol. The average Bonchev–Trinajstić information content (AvgIpc) is 2.08. The highest BCUT2D eigenvalue weighted by atomic mass is 79.9. The van der Waals surface area contributed by atoms with Crippen molar-refractivity contribution in [3.63, 3.8) is 0 Å². The Morgan fingerprint density at radius 3 is 2.62 bits per heavy atom. The third-order valence-corrected chi connectivity index (χ3v) is 2.76. The van der Waals surface area contributed by atoms with Gasteiger partial charge in [0.2, 0.25) is 0 Å². The quantitative estimate of drug-likeness (QED) is 0.880. The van der Waals surface area contributed by atoms with E-state index in [1.165, 1.54) is 0 Å². The van der Waals surface area contributed by atoms with E-state index < -0.39 is 0 Å². The molecule has 13 heavy (non-hydrogen) atoms. The maximum absolute atomic E-state index is 4.24. The lowest BCUT2D eigenvalue weighted by molar-refractivity contribution is 0.558. The van der Waals surface area contributed by atoms with Crippen LogP contribution in [0, 0.1) is 5.92 Å². The van der Waals surface area contributed by atoms with Crippen LogP contribution >= 0.6 is 15.9 Å². The summed E-state index contributed by atoms with van der Waals surface area (Å²) in [6.45, 7) is 6.54. The van der Waals surface area contributed by atoms with Crippen LogP contribution in [-0.4, -0.2) is 11.0 Å². The molecule has 0 saturated heterocycles. The number of nitrogens with one attached hydrogen (secondary N) is 1. The number of aromatic nitrogens is 1. The first kappa shape index (κ1) is 10.5. The van der Waals surface area contributed by atoms with Crippen molar-refractivity contribution in [2.75, 3.05) is 5.32 Å². The average molecular weight is 243 g/mol. The Morgan fingerprint density at radius 1 is 1.38 bits per heavy atom. The fourth-order valence-corrected chi connectivity index (χ4v) is 1.24. The van der Waals surface area contributed by atoms with E-state index >= 15 is 0 Å². The first-order valence-electron chi connectivity index (χ1n) is 4.48. The maximum atomic E-state index is 4.24. The first-order chi connectivity index (χ1) is 6.11. The summed E-state index contributed by atoms with van der Waals surface area (Å²) in [7, 11) is 0. The van der Waals surface area contributed by atoms with Crippen molar-refractivity contribution in [3.05, 3.63) is 22.8 Å². The maximum Gasteiger partial charge on any atom is 0.140 e. The lowest BCUT2D eigenvalue weighted by Crippen LogP contribution is -2.22. The molecule has 0 bridgehead atoms. The number of halogens is 1. The number of hydrogen-bond acceptors (Lipinski definition) is 2. The molecule has 1 rings (SSSR count). The molecular weight excluding hydrogens is 228 g/mol. The van der Waals surface area contributed by atoms with E-state index in [4.69, 9.17) is 0 Å². The summed E-state index contributed by atoms with van der Waals surface area (Å²) < 4.78 is 1.02. The van der Waals surface area contributed by atoms with Gasteiger partial charge in [0.25, 0.3) is 0 Å². The van der Waals surface area contributed by atoms with Crippen LogP contribution in [0.4, 0.5) is 5.82 Å². The van der Waals surface area contributed by atoms with Gasteiger partial charge in [-0.15, -0.1) is 0 Å². The van der Waals surface area contributed by atoms with E-state index in [0.29, 0.717) is 12.0 Å². The predicted octanol–water partition coefficient (Wildman–Crippen LogP) is 3.30. The Kier molecular flexibility index (Phi) is 3.72. The van der Waals surface area contributed by atoms with Gasteiger partial charge in [0.05, 0.1) is 4.47 Å². The van der Waals surface area contributed by atoms with Crippen LogP contribution in [-0.2, 0) is 0 Å². The van der Waals surface area contributed by atoms with Crippen molar-refractivity contribution in [3.8, 4) is 0 Å². The molecule has 3 heteroatoms. The molecule has 0 aliphatic carbocycles. The molecule has 1 aromatic rings. The van der Waals surface area contributed by atoms with Crippen LogP contribution in [0.15, 0.2) is 22.8 Å². The third-order valence-electron chi connectivity index (χ3n) is 2.12. The smallest absolute Gasteiger partial charge is 0.140 e. The van der Waals surface area contributed by atoms with E-state index in [1.54, 1.807) is 6.20 Å². The van der Waals surface area contributed by atoms with Gasteiger partial charge >= 0.3 is 0 Å². The molecule has 0 radical (unpaired) electrons. The molecule has 1 unspecified atom stereocenters. The predicted molar refractivity (Wildman–Crippen MR) is 59.9 cm³/mol. The van der Waals surface area contributed by atoms with Gasteiger partial charge in [0.1, 0.15) is 5.82 Å². The molecule has 0 aliphatic rings. The van der Waals surface area contributed by atoms with Crippen LogP contribution in [0.3, 0.4) is 0 Å². The van der Waals surface area contributed by atoms with Crippen molar-refractivity contribution < 1.29 is 0 Å². The van der Waals surface area contributed by atoms with Gasteiger partial charge in [0, 0.05) is 12.2 Å². The van der Waals surface area contributed by atoms with Crippen molar-refractivity contribution in [2.24, 2.45) is 5.92 Å². The first-order valence-corrected chi connectivity index (χ1v) is 5.27. The highest BCUT2D eigenvalue weighted by Gasteiger charge is 2.08. The molecule has 1 N–H and O–H groups in total. The van der Waals surface area contributed by atoms with E-state index in [1.807, 2.05) is 12.1 Å². The Morgan fingerprint density at radius 2 is 2.08 bits per heavy atom. The van der Waals surface area contributed by atoms with Gasteiger partial charge in [-0.1, -0.05) is 13.8 Å². The highest BCUT2D eigenvalue weighted by molar-refractivity contribution is 9.10. The van der Waals surface area contributed by atoms with Gasteiger partial charge in [-0.2, -0.15) is 0 Å². The summed E-state index contributed by atoms with van der Waals surface area (Å²) in [5, 5.41) is 3.35.